The van der Waals surface area contributed by atoms with Crippen molar-refractivity contribution in [1.82, 2.24) is 9.62 Å². The molecule has 2 rings (SSSR count). The molecule has 134 valence electrons. The average molecular weight is 385 g/mol. The van der Waals surface area contributed by atoms with E-state index in [0.717, 1.165) is 17.7 Å². The van der Waals surface area contributed by atoms with Crippen LogP contribution in [0.1, 0.15) is 12.5 Å². The minimum atomic E-state index is -3.76. The molecular weight excluding hydrogens is 367 g/mol. The van der Waals surface area contributed by atoms with Crippen molar-refractivity contribution in [3.63, 3.8) is 0 Å². The van der Waals surface area contributed by atoms with Gasteiger partial charge in [0.05, 0.1) is 4.90 Å². The van der Waals surface area contributed by atoms with Crippen LogP contribution in [0.4, 0.5) is 4.39 Å². The van der Waals surface area contributed by atoms with Crippen LogP contribution in [0.15, 0.2) is 53.4 Å². The van der Waals surface area contributed by atoms with Crippen LogP contribution >= 0.6 is 11.6 Å². The topological polar surface area (TPSA) is 66.5 Å². The van der Waals surface area contributed by atoms with Gasteiger partial charge in [-0.1, -0.05) is 29.8 Å². The van der Waals surface area contributed by atoms with Crippen molar-refractivity contribution in [2.45, 2.75) is 18.4 Å². The highest BCUT2D eigenvalue weighted by molar-refractivity contribution is 7.89. The van der Waals surface area contributed by atoms with Crippen molar-refractivity contribution in [3.8, 4) is 0 Å². The monoisotopic (exact) mass is 384 g/mol. The van der Waals surface area contributed by atoms with Gasteiger partial charge < -0.3 is 4.90 Å². The molecule has 8 heteroatoms. The van der Waals surface area contributed by atoms with Crippen molar-refractivity contribution in [2.24, 2.45) is 0 Å². The molecule has 0 aliphatic rings. The van der Waals surface area contributed by atoms with Crippen molar-refractivity contribution >= 4 is 27.5 Å². The number of amides is 1. The number of hydrogen-bond acceptors (Lipinski definition) is 3. The van der Waals surface area contributed by atoms with E-state index in [2.05, 4.69) is 4.72 Å². The van der Waals surface area contributed by atoms with Crippen LogP contribution in [0, 0.1) is 5.82 Å². The van der Waals surface area contributed by atoms with Gasteiger partial charge in [-0.3, -0.25) is 4.79 Å². The third kappa shape index (κ3) is 5.52. The lowest BCUT2D eigenvalue weighted by atomic mass is 10.2. The van der Waals surface area contributed by atoms with Gasteiger partial charge in [-0.2, -0.15) is 0 Å². The van der Waals surface area contributed by atoms with Crippen LogP contribution in [0.3, 0.4) is 0 Å². The van der Waals surface area contributed by atoms with Gasteiger partial charge in [-0.15, -0.1) is 0 Å². The van der Waals surface area contributed by atoms with Crippen LogP contribution in [0.2, 0.25) is 5.02 Å². The molecule has 0 spiro atoms. The first-order valence-corrected chi connectivity index (χ1v) is 9.40. The lowest BCUT2D eigenvalue weighted by molar-refractivity contribution is -0.129. The maximum atomic E-state index is 12.9. The Bertz CT molecular complexity index is 841. The van der Waals surface area contributed by atoms with Crippen LogP contribution < -0.4 is 4.72 Å². The molecule has 0 aliphatic heterocycles. The van der Waals surface area contributed by atoms with Gasteiger partial charge in [-0.25, -0.2) is 17.5 Å². The Morgan fingerprint density at radius 1 is 1.16 bits per heavy atom. The number of halogens is 2. The number of nitrogens with one attached hydrogen (secondary N) is 1. The van der Waals surface area contributed by atoms with Gasteiger partial charge in [0.25, 0.3) is 0 Å². The first-order valence-electron chi connectivity index (χ1n) is 7.54. The normalized spacial score (nSPS) is 11.3. The fraction of sp³-hybridized carbons (Fsp3) is 0.235. The van der Waals surface area contributed by atoms with E-state index in [1.54, 1.807) is 18.2 Å². The molecule has 2 aromatic carbocycles. The predicted molar refractivity (Wildman–Crippen MR) is 94.1 cm³/mol. The molecule has 0 bridgehead atoms. The Labute approximate surface area is 151 Å². The summed E-state index contributed by atoms with van der Waals surface area (Å²) in [5.74, 6) is -0.706. The number of carbonyl (C=O) groups is 1. The molecule has 0 unspecified atom stereocenters. The largest absolute Gasteiger partial charge is 0.337 e. The van der Waals surface area contributed by atoms with Gasteiger partial charge in [-0.05, 0) is 35.9 Å². The quantitative estimate of drug-likeness (QED) is 0.798. The molecule has 0 saturated heterocycles. The van der Waals surface area contributed by atoms with E-state index in [4.69, 9.17) is 11.6 Å². The zero-order valence-corrected chi connectivity index (χ0v) is 15.1. The van der Waals surface area contributed by atoms with Crippen molar-refractivity contribution in [1.29, 1.82) is 0 Å². The van der Waals surface area contributed by atoms with Crippen molar-refractivity contribution in [2.75, 3.05) is 13.1 Å². The van der Waals surface area contributed by atoms with E-state index in [1.807, 2.05) is 6.07 Å². The summed E-state index contributed by atoms with van der Waals surface area (Å²) < 4.78 is 39.6. The van der Waals surface area contributed by atoms with Crippen LogP contribution in [-0.4, -0.2) is 32.3 Å². The average Bonchev–Trinajstić information content (AvgIpc) is 2.56. The minimum absolute atomic E-state index is 0.0315. The predicted octanol–water partition coefficient (Wildman–Crippen LogP) is 2.81. The molecule has 1 N–H and O–H groups in total. The van der Waals surface area contributed by atoms with E-state index < -0.39 is 15.8 Å². The summed E-state index contributed by atoms with van der Waals surface area (Å²) in [4.78, 5) is 13.2. The van der Waals surface area contributed by atoms with Crippen LogP contribution in [-0.2, 0) is 21.4 Å². The van der Waals surface area contributed by atoms with Crippen LogP contribution in [0.25, 0.3) is 0 Å². The summed E-state index contributed by atoms with van der Waals surface area (Å²) in [6, 6.07) is 11.7. The van der Waals surface area contributed by atoms with Gasteiger partial charge in [0, 0.05) is 31.6 Å². The second-order valence-corrected chi connectivity index (χ2v) is 7.56. The lowest BCUT2D eigenvalue weighted by Crippen LogP contribution is -2.37. The SMILES string of the molecule is CC(=O)N(CCNS(=O)(=O)c1ccc(F)cc1)Cc1ccccc1Cl. The molecule has 0 fully saturated rings. The first-order chi connectivity index (χ1) is 11.8. The van der Waals surface area contributed by atoms with Gasteiger partial charge in [0.15, 0.2) is 0 Å². The number of hydrogen-bond donors (Lipinski definition) is 1. The number of rotatable bonds is 7. The molecule has 0 heterocycles. The van der Waals surface area contributed by atoms with Crippen LogP contribution in [0.5, 0.6) is 0 Å². The number of benzene rings is 2. The Hall–Kier alpha value is -1.96. The summed E-state index contributed by atoms with van der Waals surface area (Å²) in [5.41, 5.74) is 0.778. The summed E-state index contributed by atoms with van der Waals surface area (Å²) in [6.45, 7) is 1.91. The number of nitrogens with zero attached hydrogens (tertiary/aromatic N) is 1. The van der Waals surface area contributed by atoms with Crippen molar-refractivity contribution < 1.29 is 17.6 Å². The Morgan fingerprint density at radius 2 is 1.80 bits per heavy atom. The number of carbonyl (C=O) groups excluding carboxylic acids is 1. The molecule has 1 amide bonds. The third-order valence-electron chi connectivity index (χ3n) is 3.56. The Morgan fingerprint density at radius 3 is 2.40 bits per heavy atom. The number of sulfonamides is 1. The minimum Gasteiger partial charge on any atom is -0.337 e. The summed E-state index contributed by atoms with van der Waals surface area (Å²) in [5, 5.41) is 0.542. The van der Waals surface area contributed by atoms with Crippen molar-refractivity contribution in [3.05, 3.63) is 64.9 Å². The zero-order chi connectivity index (χ0) is 18.4. The highest BCUT2D eigenvalue weighted by Gasteiger charge is 2.16. The Kier molecular flexibility index (Phi) is 6.52. The smallest absolute Gasteiger partial charge is 0.240 e. The molecular formula is C17H18ClFN2O3S. The molecule has 0 aromatic heterocycles. The molecule has 0 saturated carbocycles. The summed E-state index contributed by atoms with van der Waals surface area (Å²) >= 11 is 6.09. The second kappa shape index (κ2) is 8.42. The van der Waals surface area contributed by atoms with Gasteiger partial charge in [0.2, 0.25) is 15.9 Å². The lowest BCUT2D eigenvalue weighted by Gasteiger charge is -2.22. The first kappa shape index (κ1) is 19.4. The molecule has 0 atom stereocenters. The van der Waals surface area contributed by atoms with E-state index in [-0.39, 0.29) is 30.4 Å². The Balaban J connectivity index is 1.98. The summed E-state index contributed by atoms with van der Waals surface area (Å²) in [6.07, 6.45) is 0. The molecule has 0 aliphatic carbocycles. The molecule has 2 aromatic rings. The third-order valence-corrected chi connectivity index (χ3v) is 5.41. The molecule has 0 radical (unpaired) electrons. The van der Waals surface area contributed by atoms with E-state index in [0.29, 0.717) is 5.02 Å². The standard InChI is InChI=1S/C17H18ClFN2O3S/c1-13(22)21(12-14-4-2-3-5-17(14)18)11-10-20-25(23,24)16-8-6-15(19)7-9-16/h2-9,20H,10-12H2,1H3. The maximum Gasteiger partial charge on any atom is 0.240 e. The fourth-order valence-electron chi connectivity index (χ4n) is 2.19. The molecule has 5 nitrogen and oxygen atoms in total. The van der Waals surface area contributed by atoms with E-state index >= 15 is 0 Å². The second-order valence-electron chi connectivity index (χ2n) is 5.38. The maximum absolute atomic E-state index is 12.9. The van der Waals surface area contributed by atoms with Gasteiger partial charge in [0.1, 0.15) is 5.82 Å². The van der Waals surface area contributed by atoms with E-state index in [9.17, 15) is 17.6 Å². The summed E-state index contributed by atoms with van der Waals surface area (Å²) in [7, 11) is -3.76. The highest BCUT2D eigenvalue weighted by Crippen LogP contribution is 2.17. The zero-order valence-electron chi connectivity index (χ0n) is 13.6. The highest BCUT2D eigenvalue weighted by atomic mass is 35.5. The van der Waals surface area contributed by atoms with Gasteiger partial charge >= 0.3 is 0 Å². The molecule has 25 heavy (non-hydrogen) atoms. The van der Waals surface area contributed by atoms with E-state index in [1.165, 1.54) is 24.0 Å². The fourth-order valence-corrected chi connectivity index (χ4v) is 3.41.